The molecule has 4 nitrogen and oxygen atoms in total. The van der Waals surface area contributed by atoms with Crippen LogP contribution >= 0.6 is 12.2 Å². The van der Waals surface area contributed by atoms with Crippen molar-refractivity contribution < 1.29 is 9.47 Å². The molecule has 1 atom stereocenters. The maximum atomic E-state index is 5.42. The summed E-state index contributed by atoms with van der Waals surface area (Å²) in [4.78, 5) is 3.29. The van der Waals surface area contributed by atoms with Crippen molar-refractivity contribution in [2.45, 2.75) is 19.0 Å². The van der Waals surface area contributed by atoms with E-state index in [1.165, 1.54) is 11.1 Å². The molecule has 1 N–H and O–H groups in total. The van der Waals surface area contributed by atoms with Crippen molar-refractivity contribution >= 4 is 17.2 Å². The highest BCUT2D eigenvalue weighted by Crippen LogP contribution is 2.41. The van der Waals surface area contributed by atoms with Crippen molar-refractivity contribution in [3.8, 4) is 11.5 Å². The number of ether oxygens (including phenoxy) is 2. The molecule has 2 aliphatic heterocycles. The second kappa shape index (κ2) is 4.35. The standard InChI is InChI=1S/C14H18N2O2S/c1-14-10-7-12(18-3)11(17-2)6-9(10)4-5-16(14)8-13(19)15-14/h6-7H,4-5,8H2,1-3H3,(H,15,19). The summed E-state index contributed by atoms with van der Waals surface area (Å²) in [5, 5.41) is 3.44. The fraction of sp³-hybridized carbons (Fsp3) is 0.500. The molecule has 0 bridgehead atoms. The fourth-order valence-electron chi connectivity index (χ4n) is 3.10. The van der Waals surface area contributed by atoms with Crippen LogP contribution in [0.25, 0.3) is 0 Å². The van der Waals surface area contributed by atoms with Gasteiger partial charge >= 0.3 is 0 Å². The van der Waals surface area contributed by atoms with Crippen LogP contribution in [0.15, 0.2) is 12.1 Å². The lowest BCUT2D eigenvalue weighted by Gasteiger charge is -2.40. The minimum Gasteiger partial charge on any atom is -0.493 e. The third kappa shape index (κ3) is 1.80. The van der Waals surface area contributed by atoms with Crippen LogP contribution in [0.1, 0.15) is 18.1 Å². The first-order chi connectivity index (χ1) is 9.08. The van der Waals surface area contributed by atoms with Crippen LogP contribution < -0.4 is 14.8 Å². The molecule has 1 fully saturated rings. The third-order valence-electron chi connectivity index (χ3n) is 4.13. The Morgan fingerprint density at radius 2 is 1.95 bits per heavy atom. The minimum atomic E-state index is -0.218. The van der Waals surface area contributed by atoms with Crippen LogP contribution in [0.5, 0.6) is 11.5 Å². The van der Waals surface area contributed by atoms with E-state index in [-0.39, 0.29) is 5.66 Å². The highest BCUT2D eigenvalue weighted by Gasteiger charge is 2.44. The van der Waals surface area contributed by atoms with Gasteiger partial charge in [-0.05, 0) is 36.6 Å². The average Bonchev–Trinajstić information content (AvgIpc) is 2.71. The summed E-state index contributed by atoms with van der Waals surface area (Å²) >= 11 is 5.34. The zero-order valence-electron chi connectivity index (χ0n) is 11.4. The van der Waals surface area contributed by atoms with Gasteiger partial charge in [-0.2, -0.15) is 0 Å². The maximum Gasteiger partial charge on any atom is 0.161 e. The van der Waals surface area contributed by atoms with Crippen LogP contribution in [0.3, 0.4) is 0 Å². The predicted molar refractivity (Wildman–Crippen MR) is 77.9 cm³/mol. The zero-order valence-corrected chi connectivity index (χ0v) is 12.3. The molecular weight excluding hydrogens is 260 g/mol. The monoisotopic (exact) mass is 278 g/mol. The molecule has 0 spiro atoms. The van der Waals surface area contributed by atoms with E-state index < -0.39 is 0 Å². The Kier molecular flexibility index (Phi) is 2.91. The smallest absolute Gasteiger partial charge is 0.161 e. The molecule has 3 rings (SSSR count). The van der Waals surface area contributed by atoms with Crippen molar-refractivity contribution in [1.29, 1.82) is 0 Å². The maximum absolute atomic E-state index is 5.42. The molecule has 19 heavy (non-hydrogen) atoms. The quantitative estimate of drug-likeness (QED) is 0.832. The number of hydrogen-bond donors (Lipinski definition) is 1. The van der Waals surface area contributed by atoms with E-state index in [1.807, 2.05) is 0 Å². The van der Waals surface area contributed by atoms with Crippen LogP contribution in [-0.2, 0) is 12.1 Å². The average molecular weight is 278 g/mol. The van der Waals surface area contributed by atoms with Gasteiger partial charge in [0.15, 0.2) is 11.5 Å². The number of nitrogens with zero attached hydrogens (tertiary/aromatic N) is 1. The normalized spacial score (nSPS) is 25.5. The van der Waals surface area contributed by atoms with E-state index in [0.717, 1.165) is 36.0 Å². The Balaban J connectivity index is 2.14. The van der Waals surface area contributed by atoms with E-state index in [1.54, 1.807) is 14.2 Å². The topological polar surface area (TPSA) is 33.7 Å². The summed E-state index contributed by atoms with van der Waals surface area (Å²) in [6.45, 7) is 4.02. The van der Waals surface area contributed by atoms with Gasteiger partial charge in [-0.3, -0.25) is 4.90 Å². The summed E-state index contributed by atoms with van der Waals surface area (Å²) in [5.41, 5.74) is 2.31. The number of nitrogens with one attached hydrogen (secondary N) is 1. The van der Waals surface area contributed by atoms with Gasteiger partial charge in [-0.15, -0.1) is 0 Å². The molecule has 1 aromatic carbocycles. The van der Waals surface area contributed by atoms with Gasteiger partial charge in [0.05, 0.1) is 25.8 Å². The summed E-state index contributed by atoms with van der Waals surface area (Å²) in [6, 6.07) is 4.15. The molecule has 0 saturated carbocycles. The predicted octanol–water partition coefficient (Wildman–Crippen LogP) is 1.67. The van der Waals surface area contributed by atoms with Crippen molar-refractivity contribution in [3.63, 3.8) is 0 Å². The SMILES string of the molecule is COc1cc2c(cc1OC)C1(C)NC(=S)CN1CC2. The van der Waals surface area contributed by atoms with Crippen LogP contribution in [0.4, 0.5) is 0 Å². The lowest BCUT2D eigenvalue weighted by atomic mass is 9.89. The van der Waals surface area contributed by atoms with Crippen molar-refractivity contribution in [2.75, 3.05) is 27.3 Å². The molecule has 2 heterocycles. The third-order valence-corrected chi connectivity index (χ3v) is 4.37. The number of hydrogen-bond acceptors (Lipinski definition) is 4. The van der Waals surface area contributed by atoms with E-state index >= 15 is 0 Å². The van der Waals surface area contributed by atoms with Gasteiger partial charge in [0.2, 0.25) is 0 Å². The second-order valence-electron chi connectivity index (χ2n) is 5.16. The van der Waals surface area contributed by atoms with Gasteiger partial charge in [-0.25, -0.2) is 0 Å². The Morgan fingerprint density at radius 1 is 1.26 bits per heavy atom. The Bertz CT molecular complexity index is 546. The van der Waals surface area contributed by atoms with E-state index in [9.17, 15) is 0 Å². The summed E-state index contributed by atoms with van der Waals surface area (Å²) in [7, 11) is 3.34. The first-order valence-corrected chi connectivity index (χ1v) is 6.80. The zero-order chi connectivity index (χ0) is 13.6. The molecule has 0 aromatic heterocycles. The van der Waals surface area contributed by atoms with E-state index in [0.29, 0.717) is 0 Å². The molecule has 0 aliphatic carbocycles. The lowest BCUT2D eigenvalue weighted by molar-refractivity contribution is 0.124. The van der Waals surface area contributed by atoms with Crippen molar-refractivity contribution in [1.82, 2.24) is 10.2 Å². The summed E-state index contributed by atoms with van der Waals surface area (Å²) < 4.78 is 10.8. The molecule has 0 radical (unpaired) electrons. The molecule has 0 amide bonds. The largest absolute Gasteiger partial charge is 0.493 e. The molecule has 5 heteroatoms. The number of benzene rings is 1. The molecule has 1 unspecified atom stereocenters. The van der Waals surface area contributed by atoms with Crippen molar-refractivity contribution in [3.05, 3.63) is 23.3 Å². The van der Waals surface area contributed by atoms with E-state index in [4.69, 9.17) is 21.7 Å². The number of rotatable bonds is 2. The number of methoxy groups -OCH3 is 2. The second-order valence-corrected chi connectivity index (χ2v) is 5.65. The molecule has 102 valence electrons. The van der Waals surface area contributed by atoms with Crippen LogP contribution in [0, 0.1) is 0 Å². The molecular formula is C14H18N2O2S. The summed E-state index contributed by atoms with van der Waals surface area (Å²) in [5.74, 6) is 1.56. The summed E-state index contributed by atoms with van der Waals surface area (Å²) in [6.07, 6.45) is 1.01. The number of thiocarbonyl (C=S) groups is 1. The highest BCUT2D eigenvalue weighted by atomic mass is 32.1. The minimum absolute atomic E-state index is 0.218. The number of fused-ring (bicyclic) bond motifs is 3. The Hall–Kier alpha value is -1.33. The first kappa shape index (κ1) is 12.7. The van der Waals surface area contributed by atoms with Gasteiger partial charge in [-0.1, -0.05) is 12.2 Å². The van der Waals surface area contributed by atoms with Gasteiger partial charge in [0, 0.05) is 6.54 Å². The molecule has 2 aliphatic rings. The van der Waals surface area contributed by atoms with Crippen LogP contribution in [0.2, 0.25) is 0 Å². The molecule has 1 aromatic rings. The van der Waals surface area contributed by atoms with E-state index in [2.05, 4.69) is 29.3 Å². The van der Waals surface area contributed by atoms with Gasteiger partial charge < -0.3 is 14.8 Å². The lowest BCUT2D eigenvalue weighted by Crippen LogP contribution is -2.50. The first-order valence-electron chi connectivity index (χ1n) is 6.40. The Labute approximate surface area is 118 Å². The van der Waals surface area contributed by atoms with Crippen molar-refractivity contribution in [2.24, 2.45) is 0 Å². The van der Waals surface area contributed by atoms with Crippen LogP contribution in [-0.4, -0.2) is 37.2 Å². The molecule has 1 saturated heterocycles. The highest BCUT2D eigenvalue weighted by molar-refractivity contribution is 7.80. The fourth-order valence-corrected chi connectivity index (χ4v) is 3.45. The Morgan fingerprint density at radius 3 is 2.63 bits per heavy atom. The van der Waals surface area contributed by atoms with Gasteiger partial charge in [0.1, 0.15) is 5.66 Å². The van der Waals surface area contributed by atoms with Gasteiger partial charge in [0.25, 0.3) is 0 Å².